The van der Waals surface area contributed by atoms with Crippen LogP contribution >= 0.6 is 0 Å². The molecule has 3 aromatic carbocycles. The van der Waals surface area contributed by atoms with E-state index in [-0.39, 0.29) is 11.4 Å². The summed E-state index contributed by atoms with van der Waals surface area (Å²) in [4.78, 5) is 26.5. The third-order valence-corrected chi connectivity index (χ3v) is 7.37. The van der Waals surface area contributed by atoms with Crippen molar-refractivity contribution in [2.45, 2.75) is 46.1 Å². The molecule has 232 valence electrons. The van der Waals surface area contributed by atoms with Crippen molar-refractivity contribution >= 4 is 39.9 Å². The van der Waals surface area contributed by atoms with E-state index in [1.807, 2.05) is 91.9 Å². The largest absolute Gasteiger partial charge is 0.488 e. The van der Waals surface area contributed by atoms with Gasteiger partial charge in [-0.1, -0.05) is 70.2 Å². The standard InChI is InChI=1S/C36H36N8O2/c1-5-25-21-37-22-33(39-25)41-32-19-24(17-18-38-32)23-46-30-16-15-29(27-13-9-10-14-28(27)30)40-35(45)42-34-20-31(36(2,3)4)43-44(34)26-11-7-6-8-12-26/h6-22H,5,23H2,1-4H3,(H,38,39,41)(H2,40,42,45). The number of aromatic nitrogens is 5. The Balaban J connectivity index is 1.18. The molecule has 0 unspecified atom stereocenters. The molecule has 0 saturated heterocycles. The van der Waals surface area contributed by atoms with Gasteiger partial charge in [0.05, 0.1) is 29.0 Å². The number of nitrogens with zero attached hydrogens (tertiary/aromatic N) is 5. The Labute approximate surface area is 267 Å². The van der Waals surface area contributed by atoms with E-state index in [9.17, 15) is 4.79 Å². The number of rotatable bonds is 9. The van der Waals surface area contributed by atoms with E-state index in [4.69, 9.17) is 9.84 Å². The number of pyridine rings is 1. The lowest BCUT2D eigenvalue weighted by Gasteiger charge is -2.15. The molecule has 6 rings (SSSR count). The molecule has 0 fully saturated rings. The summed E-state index contributed by atoms with van der Waals surface area (Å²) in [5, 5.41) is 15.8. The first-order valence-corrected chi connectivity index (χ1v) is 15.2. The highest BCUT2D eigenvalue weighted by Crippen LogP contribution is 2.33. The second-order valence-electron chi connectivity index (χ2n) is 11.9. The second-order valence-corrected chi connectivity index (χ2v) is 11.9. The van der Waals surface area contributed by atoms with Crippen molar-refractivity contribution < 1.29 is 9.53 Å². The summed E-state index contributed by atoms with van der Waals surface area (Å²) in [6.45, 7) is 8.65. The number of nitrogens with one attached hydrogen (secondary N) is 3. The molecule has 0 spiro atoms. The van der Waals surface area contributed by atoms with Gasteiger partial charge in [0.2, 0.25) is 0 Å². The second kappa shape index (κ2) is 13.1. The summed E-state index contributed by atoms with van der Waals surface area (Å²) >= 11 is 0. The number of amides is 2. The Morgan fingerprint density at radius 3 is 2.43 bits per heavy atom. The summed E-state index contributed by atoms with van der Waals surface area (Å²) in [5.41, 5.74) is 4.04. The molecular weight excluding hydrogens is 576 g/mol. The molecule has 10 heteroatoms. The van der Waals surface area contributed by atoms with Crippen molar-refractivity contribution in [2.75, 3.05) is 16.0 Å². The quantitative estimate of drug-likeness (QED) is 0.151. The fourth-order valence-electron chi connectivity index (χ4n) is 4.94. The van der Waals surface area contributed by atoms with Gasteiger partial charge in [0, 0.05) is 34.6 Å². The van der Waals surface area contributed by atoms with Crippen LogP contribution in [0, 0.1) is 0 Å². The van der Waals surface area contributed by atoms with Crippen LogP contribution in [-0.4, -0.2) is 30.8 Å². The van der Waals surface area contributed by atoms with Crippen molar-refractivity contribution in [1.29, 1.82) is 0 Å². The molecule has 0 saturated carbocycles. The molecule has 0 bridgehead atoms. The van der Waals surface area contributed by atoms with E-state index in [1.165, 1.54) is 0 Å². The normalized spacial score (nSPS) is 11.3. The Kier molecular flexibility index (Phi) is 8.60. The van der Waals surface area contributed by atoms with Gasteiger partial charge in [-0.3, -0.25) is 10.3 Å². The Bertz CT molecular complexity index is 1980. The van der Waals surface area contributed by atoms with Crippen LogP contribution in [0.5, 0.6) is 5.75 Å². The minimum absolute atomic E-state index is 0.192. The van der Waals surface area contributed by atoms with E-state index in [0.717, 1.165) is 39.8 Å². The van der Waals surface area contributed by atoms with Crippen LogP contribution in [0.3, 0.4) is 0 Å². The van der Waals surface area contributed by atoms with Crippen LogP contribution in [0.15, 0.2) is 104 Å². The highest BCUT2D eigenvalue weighted by molar-refractivity contribution is 6.07. The number of urea groups is 1. The number of fused-ring (bicyclic) bond motifs is 1. The van der Waals surface area contributed by atoms with Crippen LogP contribution in [0.2, 0.25) is 0 Å². The van der Waals surface area contributed by atoms with E-state index in [1.54, 1.807) is 23.3 Å². The summed E-state index contributed by atoms with van der Waals surface area (Å²) in [6, 6.07) is 26.7. The first-order valence-electron chi connectivity index (χ1n) is 15.2. The van der Waals surface area contributed by atoms with E-state index < -0.39 is 0 Å². The number of ether oxygens (including phenoxy) is 1. The number of benzene rings is 3. The molecule has 3 heterocycles. The van der Waals surface area contributed by atoms with Crippen molar-refractivity contribution in [3.05, 3.63) is 120 Å². The highest BCUT2D eigenvalue weighted by Gasteiger charge is 2.22. The zero-order chi connectivity index (χ0) is 32.1. The summed E-state index contributed by atoms with van der Waals surface area (Å²) in [7, 11) is 0. The molecule has 0 aliphatic rings. The number of aryl methyl sites for hydroxylation is 1. The summed E-state index contributed by atoms with van der Waals surface area (Å²) in [5.74, 6) is 2.57. The maximum absolute atomic E-state index is 13.3. The van der Waals surface area contributed by atoms with E-state index in [2.05, 4.69) is 51.7 Å². The van der Waals surface area contributed by atoms with Gasteiger partial charge in [0.1, 0.15) is 29.8 Å². The maximum atomic E-state index is 13.3. The predicted octanol–water partition coefficient (Wildman–Crippen LogP) is 8.04. The van der Waals surface area contributed by atoms with Crippen molar-refractivity contribution in [1.82, 2.24) is 24.7 Å². The van der Waals surface area contributed by atoms with Gasteiger partial charge in [-0.2, -0.15) is 5.10 Å². The van der Waals surface area contributed by atoms with Gasteiger partial charge in [-0.15, -0.1) is 0 Å². The summed E-state index contributed by atoms with van der Waals surface area (Å²) < 4.78 is 8.03. The Morgan fingerprint density at radius 1 is 0.870 bits per heavy atom. The number of hydrogen-bond donors (Lipinski definition) is 3. The first kappa shape index (κ1) is 30.3. The first-order chi connectivity index (χ1) is 22.3. The molecule has 0 aliphatic carbocycles. The fraction of sp³-hybridized carbons (Fsp3) is 0.194. The lowest BCUT2D eigenvalue weighted by atomic mass is 9.92. The van der Waals surface area contributed by atoms with Crippen LogP contribution in [0.4, 0.5) is 27.9 Å². The Hall–Kier alpha value is -5.77. The third kappa shape index (κ3) is 6.96. The molecule has 0 atom stereocenters. The molecule has 6 aromatic rings. The highest BCUT2D eigenvalue weighted by atomic mass is 16.5. The average molecular weight is 613 g/mol. The number of hydrogen-bond acceptors (Lipinski definition) is 7. The van der Waals surface area contributed by atoms with E-state index >= 15 is 0 Å². The molecule has 2 amide bonds. The van der Waals surface area contributed by atoms with Crippen LogP contribution < -0.4 is 20.7 Å². The van der Waals surface area contributed by atoms with Gasteiger partial charge in [0.25, 0.3) is 0 Å². The number of carbonyl (C=O) groups is 1. The van der Waals surface area contributed by atoms with Crippen molar-refractivity contribution in [3.8, 4) is 11.4 Å². The number of para-hydroxylation sites is 1. The average Bonchev–Trinajstić information content (AvgIpc) is 3.49. The number of anilines is 4. The third-order valence-electron chi connectivity index (χ3n) is 7.37. The predicted molar refractivity (Wildman–Crippen MR) is 182 cm³/mol. The van der Waals surface area contributed by atoms with Gasteiger partial charge < -0.3 is 15.4 Å². The smallest absolute Gasteiger partial charge is 0.324 e. The lowest BCUT2D eigenvalue weighted by Crippen LogP contribution is -2.21. The van der Waals surface area contributed by atoms with Crippen molar-refractivity contribution in [3.63, 3.8) is 0 Å². The van der Waals surface area contributed by atoms with Gasteiger partial charge >= 0.3 is 6.03 Å². The van der Waals surface area contributed by atoms with E-state index in [0.29, 0.717) is 35.5 Å². The van der Waals surface area contributed by atoms with Crippen LogP contribution in [0.1, 0.15) is 44.6 Å². The molecule has 0 radical (unpaired) electrons. The molecule has 0 aliphatic heterocycles. The fourth-order valence-corrected chi connectivity index (χ4v) is 4.94. The molecule has 10 nitrogen and oxygen atoms in total. The number of carbonyl (C=O) groups excluding carboxylic acids is 1. The minimum Gasteiger partial charge on any atom is -0.488 e. The minimum atomic E-state index is -0.373. The zero-order valence-electron chi connectivity index (χ0n) is 26.3. The maximum Gasteiger partial charge on any atom is 0.324 e. The topological polar surface area (TPSA) is 119 Å². The molecule has 3 aromatic heterocycles. The van der Waals surface area contributed by atoms with Crippen LogP contribution in [0.25, 0.3) is 16.5 Å². The zero-order valence-corrected chi connectivity index (χ0v) is 26.3. The molecular formula is C36H36N8O2. The monoisotopic (exact) mass is 612 g/mol. The molecule has 46 heavy (non-hydrogen) atoms. The molecule has 3 N–H and O–H groups in total. The van der Waals surface area contributed by atoms with Gasteiger partial charge in [-0.05, 0) is 48.4 Å². The Morgan fingerprint density at radius 2 is 1.65 bits per heavy atom. The van der Waals surface area contributed by atoms with Gasteiger partial charge in [0.15, 0.2) is 0 Å². The SMILES string of the molecule is CCc1cncc(Nc2cc(COc3ccc(NC(=O)Nc4cc(C(C)(C)C)nn4-c4ccccc4)c4ccccc34)ccn2)n1. The van der Waals surface area contributed by atoms with Crippen molar-refractivity contribution in [2.24, 2.45) is 0 Å². The lowest BCUT2D eigenvalue weighted by molar-refractivity contribution is 0.262. The summed E-state index contributed by atoms with van der Waals surface area (Å²) in [6.07, 6.45) is 5.96. The van der Waals surface area contributed by atoms with Crippen LogP contribution in [-0.2, 0) is 18.4 Å². The van der Waals surface area contributed by atoms with Gasteiger partial charge in [-0.25, -0.2) is 19.4 Å².